The van der Waals surface area contributed by atoms with Crippen molar-refractivity contribution >= 4 is 17.6 Å². The molecule has 0 fully saturated rings. The minimum Gasteiger partial charge on any atom is -0.504 e. The molecule has 2 aromatic carbocycles. The van der Waals surface area contributed by atoms with Crippen LogP contribution < -0.4 is 5.73 Å². The zero-order valence-electron chi connectivity index (χ0n) is 13.1. The molecule has 0 unspecified atom stereocenters. The summed E-state index contributed by atoms with van der Waals surface area (Å²) in [6.07, 6.45) is 2.01. The molecule has 126 valence electrons. The first-order chi connectivity index (χ1) is 11.5. The van der Waals surface area contributed by atoms with Gasteiger partial charge in [0.1, 0.15) is 0 Å². The molecule has 5 nitrogen and oxygen atoms in total. The maximum absolute atomic E-state index is 11.8. The first kappa shape index (κ1) is 16.5. The summed E-state index contributed by atoms with van der Waals surface area (Å²) in [6, 6.07) is 9.97. The summed E-state index contributed by atoms with van der Waals surface area (Å²) < 4.78 is 0. The molecule has 1 aliphatic rings. The Balaban J connectivity index is 1.88. The van der Waals surface area contributed by atoms with Gasteiger partial charge in [-0.3, -0.25) is 0 Å². The number of aromatic hydroxyl groups is 2. The Morgan fingerprint density at radius 2 is 1.88 bits per heavy atom. The smallest absolute Gasteiger partial charge is 0.315 e. The van der Waals surface area contributed by atoms with Crippen LogP contribution in [0.15, 0.2) is 36.4 Å². The number of nitrogens with zero attached hydrogens (tertiary/aromatic N) is 1. The van der Waals surface area contributed by atoms with Gasteiger partial charge in [-0.2, -0.15) is 0 Å². The second-order valence-electron chi connectivity index (χ2n) is 6.00. The van der Waals surface area contributed by atoms with Gasteiger partial charge in [0, 0.05) is 11.6 Å². The van der Waals surface area contributed by atoms with Gasteiger partial charge >= 0.3 is 6.03 Å². The lowest BCUT2D eigenvalue weighted by Gasteiger charge is -2.36. The van der Waals surface area contributed by atoms with Crippen molar-refractivity contribution in [3.8, 4) is 11.5 Å². The van der Waals surface area contributed by atoms with Crippen LogP contribution in [0, 0.1) is 0 Å². The van der Waals surface area contributed by atoms with Gasteiger partial charge in [0.05, 0.1) is 6.04 Å². The van der Waals surface area contributed by atoms with Crippen molar-refractivity contribution in [1.82, 2.24) is 4.90 Å². The summed E-state index contributed by atoms with van der Waals surface area (Å²) in [5.74, 6) is -0.325. The predicted molar refractivity (Wildman–Crippen MR) is 92.3 cm³/mol. The number of carbonyl (C=O) groups excluding carboxylic acids is 1. The van der Waals surface area contributed by atoms with Crippen LogP contribution in [-0.4, -0.2) is 27.7 Å². The lowest BCUT2D eigenvalue weighted by Crippen LogP contribution is -2.43. The number of halogens is 1. The second kappa shape index (κ2) is 6.61. The average molecular weight is 347 g/mol. The van der Waals surface area contributed by atoms with E-state index in [2.05, 4.69) is 0 Å². The summed E-state index contributed by atoms with van der Waals surface area (Å²) >= 11 is 5.90. The van der Waals surface area contributed by atoms with Crippen LogP contribution in [0.4, 0.5) is 4.79 Å². The standard InChI is InChI=1S/C18H19ClN2O3/c19-13-4-1-11(2-5-13)3-6-15-14-10-17(23)16(22)9-12(14)7-8-21(15)18(20)24/h1-2,4-5,9-10,15,22-23H,3,6-8H2,(H2,20,24)/t15-/m1/s1. The number of phenols is 2. The van der Waals surface area contributed by atoms with E-state index < -0.39 is 6.03 Å². The summed E-state index contributed by atoms with van der Waals surface area (Å²) in [7, 11) is 0. The Morgan fingerprint density at radius 1 is 1.21 bits per heavy atom. The van der Waals surface area contributed by atoms with Gasteiger partial charge in [-0.25, -0.2) is 4.79 Å². The van der Waals surface area contributed by atoms with E-state index in [1.807, 2.05) is 24.3 Å². The van der Waals surface area contributed by atoms with E-state index in [4.69, 9.17) is 17.3 Å². The maximum Gasteiger partial charge on any atom is 0.315 e. The summed E-state index contributed by atoms with van der Waals surface area (Å²) in [5.41, 5.74) is 8.41. The van der Waals surface area contributed by atoms with Crippen molar-refractivity contribution in [2.24, 2.45) is 5.73 Å². The van der Waals surface area contributed by atoms with E-state index in [9.17, 15) is 15.0 Å². The Kier molecular flexibility index (Phi) is 4.53. The molecular weight excluding hydrogens is 328 g/mol. The highest BCUT2D eigenvalue weighted by atomic mass is 35.5. The van der Waals surface area contributed by atoms with Crippen molar-refractivity contribution in [3.63, 3.8) is 0 Å². The van der Waals surface area contributed by atoms with Gasteiger partial charge in [0.2, 0.25) is 0 Å². The zero-order valence-corrected chi connectivity index (χ0v) is 13.8. The molecule has 0 aliphatic carbocycles. The fourth-order valence-electron chi connectivity index (χ4n) is 3.26. The molecule has 4 N–H and O–H groups in total. The van der Waals surface area contributed by atoms with Crippen LogP contribution in [0.25, 0.3) is 0 Å². The monoisotopic (exact) mass is 346 g/mol. The topological polar surface area (TPSA) is 86.8 Å². The van der Waals surface area contributed by atoms with Crippen molar-refractivity contribution in [1.29, 1.82) is 0 Å². The Bertz CT molecular complexity index is 762. The molecule has 0 saturated heterocycles. The van der Waals surface area contributed by atoms with E-state index in [0.29, 0.717) is 24.4 Å². The average Bonchev–Trinajstić information content (AvgIpc) is 2.55. The van der Waals surface area contributed by atoms with E-state index in [1.54, 1.807) is 11.0 Å². The first-order valence-corrected chi connectivity index (χ1v) is 8.19. The molecule has 2 amide bonds. The molecule has 1 atom stereocenters. The van der Waals surface area contributed by atoms with Crippen molar-refractivity contribution in [2.45, 2.75) is 25.3 Å². The van der Waals surface area contributed by atoms with Gasteiger partial charge in [-0.15, -0.1) is 0 Å². The number of urea groups is 1. The van der Waals surface area contributed by atoms with Crippen LogP contribution >= 0.6 is 11.6 Å². The van der Waals surface area contributed by atoms with Crippen molar-refractivity contribution in [3.05, 3.63) is 58.1 Å². The minimum atomic E-state index is -0.477. The van der Waals surface area contributed by atoms with Gasteiger partial charge in [-0.1, -0.05) is 23.7 Å². The number of carbonyl (C=O) groups is 1. The molecule has 1 aliphatic heterocycles. The maximum atomic E-state index is 11.8. The normalized spacial score (nSPS) is 16.7. The van der Waals surface area contributed by atoms with Crippen molar-refractivity contribution in [2.75, 3.05) is 6.54 Å². The Hall–Kier alpha value is -2.40. The van der Waals surface area contributed by atoms with Crippen LogP contribution in [0.2, 0.25) is 5.02 Å². The van der Waals surface area contributed by atoms with Crippen LogP contribution in [0.3, 0.4) is 0 Å². The van der Waals surface area contributed by atoms with E-state index in [-0.39, 0.29) is 17.5 Å². The number of hydrogen-bond donors (Lipinski definition) is 3. The number of aryl methyl sites for hydroxylation is 1. The molecule has 0 radical (unpaired) electrons. The van der Waals surface area contributed by atoms with E-state index in [1.165, 1.54) is 6.07 Å². The molecular formula is C18H19ClN2O3. The zero-order chi connectivity index (χ0) is 17.3. The van der Waals surface area contributed by atoms with Crippen LogP contribution in [0.1, 0.15) is 29.2 Å². The fraction of sp³-hybridized carbons (Fsp3) is 0.278. The van der Waals surface area contributed by atoms with E-state index in [0.717, 1.165) is 23.1 Å². The fourth-order valence-corrected chi connectivity index (χ4v) is 3.38. The number of amides is 2. The number of phenolic OH excluding ortho intramolecular Hbond substituents is 2. The van der Waals surface area contributed by atoms with Gasteiger partial charge in [0.25, 0.3) is 0 Å². The van der Waals surface area contributed by atoms with Gasteiger partial charge < -0.3 is 20.8 Å². The number of hydrogen-bond acceptors (Lipinski definition) is 3. The molecule has 24 heavy (non-hydrogen) atoms. The predicted octanol–water partition coefficient (Wildman–Crippen LogP) is 3.36. The third-order valence-electron chi connectivity index (χ3n) is 4.50. The summed E-state index contributed by atoms with van der Waals surface area (Å²) in [5, 5.41) is 20.2. The molecule has 0 spiro atoms. The molecule has 6 heteroatoms. The highest BCUT2D eigenvalue weighted by Crippen LogP contribution is 2.38. The largest absolute Gasteiger partial charge is 0.504 e. The molecule has 3 rings (SSSR count). The molecule has 0 saturated carbocycles. The third-order valence-corrected chi connectivity index (χ3v) is 4.75. The minimum absolute atomic E-state index is 0.141. The highest BCUT2D eigenvalue weighted by molar-refractivity contribution is 6.30. The number of nitrogens with two attached hydrogens (primary N) is 1. The van der Waals surface area contributed by atoms with Crippen LogP contribution in [0.5, 0.6) is 11.5 Å². The number of rotatable bonds is 3. The molecule has 1 heterocycles. The van der Waals surface area contributed by atoms with Gasteiger partial charge in [-0.05, 0) is 60.2 Å². The number of fused-ring (bicyclic) bond motifs is 1. The Morgan fingerprint density at radius 3 is 2.54 bits per heavy atom. The molecule has 0 bridgehead atoms. The Labute approximate surface area is 145 Å². The SMILES string of the molecule is NC(=O)N1CCc2cc(O)c(O)cc2[C@H]1CCc1ccc(Cl)cc1. The lowest BCUT2D eigenvalue weighted by atomic mass is 9.88. The first-order valence-electron chi connectivity index (χ1n) is 7.81. The quantitative estimate of drug-likeness (QED) is 0.745. The number of primary amides is 1. The lowest BCUT2D eigenvalue weighted by molar-refractivity contribution is 0.174. The van der Waals surface area contributed by atoms with Gasteiger partial charge in [0.15, 0.2) is 11.5 Å². The summed E-state index contributed by atoms with van der Waals surface area (Å²) in [6.45, 7) is 0.498. The highest BCUT2D eigenvalue weighted by Gasteiger charge is 2.30. The molecule has 2 aromatic rings. The summed E-state index contributed by atoms with van der Waals surface area (Å²) in [4.78, 5) is 13.4. The third kappa shape index (κ3) is 3.26. The number of benzene rings is 2. The van der Waals surface area contributed by atoms with Crippen LogP contribution in [-0.2, 0) is 12.8 Å². The molecule has 0 aromatic heterocycles. The second-order valence-corrected chi connectivity index (χ2v) is 6.44. The van der Waals surface area contributed by atoms with Crippen molar-refractivity contribution < 1.29 is 15.0 Å². The van der Waals surface area contributed by atoms with E-state index >= 15 is 0 Å².